The number of hydrogen-bond acceptors (Lipinski definition) is 8. The summed E-state index contributed by atoms with van der Waals surface area (Å²) in [5.41, 5.74) is 5.66. The summed E-state index contributed by atoms with van der Waals surface area (Å²) in [6.07, 6.45) is 2.90. The Morgan fingerprint density at radius 1 is 1.47 bits per heavy atom. The van der Waals surface area contributed by atoms with Crippen LogP contribution in [0, 0.1) is 0 Å². The molecule has 3 N–H and O–H groups in total. The second kappa shape index (κ2) is 4.74. The van der Waals surface area contributed by atoms with E-state index in [1.165, 1.54) is 28.8 Å². The van der Waals surface area contributed by atoms with Gasteiger partial charge in [-0.15, -0.1) is 5.10 Å². The summed E-state index contributed by atoms with van der Waals surface area (Å²) < 4.78 is 1.52. The predicted octanol–water partition coefficient (Wildman–Crippen LogP) is -0.754. The molecule has 0 aromatic carbocycles. The van der Waals surface area contributed by atoms with Crippen LogP contribution in [0.2, 0.25) is 0 Å². The van der Waals surface area contributed by atoms with E-state index < -0.39 is 0 Å². The first kappa shape index (κ1) is 11.3. The van der Waals surface area contributed by atoms with Crippen molar-refractivity contribution in [1.29, 1.82) is 0 Å². The molecule has 9 nitrogen and oxygen atoms in total. The minimum atomic E-state index is -0.0885. The summed E-state index contributed by atoms with van der Waals surface area (Å²) in [7, 11) is 1.72. The first-order chi connectivity index (χ1) is 8.20. The Morgan fingerprint density at radius 2 is 2.29 bits per heavy atom. The van der Waals surface area contributed by atoms with Crippen molar-refractivity contribution in [1.82, 2.24) is 30.2 Å². The fourth-order valence-electron chi connectivity index (χ4n) is 0.954. The number of tetrazole rings is 1. The molecule has 0 aliphatic carbocycles. The molecule has 2 heterocycles. The van der Waals surface area contributed by atoms with Gasteiger partial charge in [-0.1, -0.05) is 5.16 Å². The van der Waals surface area contributed by atoms with Crippen LogP contribution in [0.25, 0.3) is 0 Å². The van der Waals surface area contributed by atoms with Gasteiger partial charge in [0, 0.05) is 7.05 Å². The maximum Gasteiger partial charge on any atom is 0.215 e. The van der Waals surface area contributed by atoms with E-state index in [0.717, 1.165) is 0 Å². The van der Waals surface area contributed by atoms with Crippen LogP contribution in [0.5, 0.6) is 0 Å². The van der Waals surface area contributed by atoms with Gasteiger partial charge in [-0.05, 0) is 22.2 Å². The molecule has 0 aliphatic rings. The van der Waals surface area contributed by atoms with Gasteiger partial charge in [-0.3, -0.25) is 0 Å². The lowest BCUT2D eigenvalue weighted by Crippen LogP contribution is -2.15. The molecule has 10 heteroatoms. The van der Waals surface area contributed by atoms with Crippen molar-refractivity contribution in [2.75, 3.05) is 0 Å². The van der Waals surface area contributed by atoms with Gasteiger partial charge < -0.3 is 10.9 Å². The Balaban J connectivity index is 2.17. The maximum absolute atomic E-state index is 8.46. The van der Waals surface area contributed by atoms with Crippen LogP contribution in [-0.2, 0) is 7.05 Å². The molecule has 0 radical (unpaired) electrons. The summed E-state index contributed by atoms with van der Waals surface area (Å²) in [5, 5.41) is 23.5. The third kappa shape index (κ3) is 2.47. The molecule has 0 saturated heterocycles. The van der Waals surface area contributed by atoms with E-state index in [0.29, 0.717) is 15.9 Å². The molecule has 2 rings (SSSR count). The molecule has 88 valence electrons. The van der Waals surface area contributed by atoms with E-state index in [-0.39, 0.29) is 5.84 Å². The fraction of sp³-hybridized carbons (Fsp3) is 0.143. The largest absolute Gasteiger partial charge is 0.409 e. The lowest BCUT2D eigenvalue weighted by Gasteiger charge is -1.99. The van der Waals surface area contributed by atoms with Crippen molar-refractivity contribution in [2.45, 2.75) is 10.2 Å². The summed E-state index contributed by atoms with van der Waals surface area (Å²) in [5.74, 6) is -0.0885. The molecule has 17 heavy (non-hydrogen) atoms. The molecule has 0 atom stereocenters. The smallest absolute Gasteiger partial charge is 0.215 e. The van der Waals surface area contributed by atoms with Crippen molar-refractivity contribution < 1.29 is 5.21 Å². The van der Waals surface area contributed by atoms with Gasteiger partial charge in [0.05, 0.1) is 12.4 Å². The number of aryl methyl sites for hydroxylation is 1. The molecule has 0 unspecified atom stereocenters. The summed E-state index contributed by atoms with van der Waals surface area (Å²) in [6.45, 7) is 0. The number of nitrogens with zero attached hydrogens (tertiary/aromatic N) is 7. The number of hydrogen-bond donors (Lipinski definition) is 2. The Kier molecular flexibility index (Phi) is 3.14. The molecule has 0 fully saturated rings. The van der Waals surface area contributed by atoms with Gasteiger partial charge in [-0.2, -0.15) is 0 Å². The number of rotatable bonds is 3. The van der Waals surface area contributed by atoms with Crippen molar-refractivity contribution in [3.8, 4) is 0 Å². The molecule has 0 aliphatic heterocycles. The zero-order chi connectivity index (χ0) is 12.3. The summed E-state index contributed by atoms with van der Waals surface area (Å²) in [6, 6.07) is 0. The van der Waals surface area contributed by atoms with Crippen LogP contribution in [-0.4, -0.2) is 41.2 Å². The minimum absolute atomic E-state index is 0.0885. The number of nitrogens with two attached hydrogens (primary N) is 1. The van der Waals surface area contributed by atoms with E-state index in [2.05, 4.69) is 30.6 Å². The Bertz CT molecular complexity index is 535. The minimum Gasteiger partial charge on any atom is -0.409 e. The third-order valence-electron chi connectivity index (χ3n) is 1.78. The van der Waals surface area contributed by atoms with E-state index in [9.17, 15) is 0 Å². The lowest BCUT2D eigenvalue weighted by atomic mass is 10.4. The van der Waals surface area contributed by atoms with Crippen LogP contribution in [0.1, 0.15) is 5.69 Å². The Morgan fingerprint density at radius 3 is 2.82 bits per heavy atom. The SMILES string of the molecule is Cn1nnnc1Sc1cnc(C(N)=NO)cn1. The van der Waals surface area contributed by atoms with Crippen LogP contribution in [0.15, 0.2) is 27.7 Å². The standard InChI is InChI=1S/C7H8N8OS/c1-15-7(11-13-14-15)17-5-3-9-4(2-10-5)6(8)12-16/h2-3,16H,1H3,(H2,8,12). The number of oxime groups is 1. The number of amidine groups is 1. The first-order valence-corrected chi connectivity index (χ1v) is 5.22. The Labute approximate surface area is 99.7 Å². The summed E-state index contributed by atoms with van der Waals surface area (Å²) >= 11 is 1.26. The van der Waals surface area contributed by atoms with Crippen molar-refractivity contribution in [3.05, 3.63) is 18.1 Å². The molecule has 0 amide bonds. The zero-order valence-corrected chi connectivity index (χ0v) is 9.53. The quantitative estimate of drug-likeness (QED) is 0.316. The van der Waals surface area contributed by atoms with Crippen molar-refractivity contribution in [3.63, 3.8) is 0 Å². The molecular formula is C7H8N8OS. The topological polar surface area (TPSA) is 128 Å². The third-order valence-corrected chi connectivity index (χ3v) is 2.72. The van der Waals surface area contributed by atoms with Gasteiger partial charge in [0.1, 0.15) is 10.7 Å². The van der Waals surface area contributed by atoms with E-state index in [1.54, 1.807) is 7.05 Å². The highest BCUT2D eigenvalue weighted by Crippen LogP contribution is 2.21. The van der Waals surface area contributed by atoms with Crippen LogP contribution >= 0.6 is 11.8 Å². The van der Waals surface area contributed by atoms with Gasteiger partial charge in [0.25, 0.3) is 0 Å². The molecule has 2 aromatic heterocycles. The van der Waals surface area contributed by atoms with Crippen molar-refractivity contribution >= 4 is 17.6 Å². The lowest BCUT2D eigenvalue weighted by molar-refractivity contribution is 0.318. The molecule has 0 bridgehead atoms. The van der Waals surface area contributed by atoms with Gasteiger partial charge >= 0.3 is 0 Å². The second-order valence-corrected chi connectivity index (χ2v) is 3.90. The van der Waals surface area contributed by atoms with Crippen LogP contribution < -0.4 is 5.73 Å². The van der Waals surface area contributed by atoms with E-state index in [1.807, 2.05) is 0 Å². The molecule has 0 spiro atoms. The normalized spacial score (nSPS) is 11.7. The van der Waals surface area contributed by atoms with Crippen LogP contribution in [0.3, 0.4) is 0 Å². The van der Waals surface area contributed by atoms with Crippen molar-refractivity contribution in [2.24, 2.45) is 17.9 Å². The monoisotopic (exact) mass is 252 g/mol. The predicted molar refractivity (Wildman–Crippen MR) is 57.5 cm³/mol. The highest BCUT2D eigenvalue weighted by molar-refractivity contribution is 7.99. The zero-order valence-electron chi connectivity index (χ0n) is 8.72. The molecule has 0 saturated carbocycles. The Hall–Kier alpha value is -2.23. The highest BCUT2D eigenvalue weighted by atomic mass is 32.2. The molecule has 2 aromatic rings. The fourth-order valence-corrected chi connectivity index (χ4v) is 1.60. The van der Waals surface area contributed by atoms with Crippen LogP contribution in [0.4, 0.5) is 0 Å². The second-order valence-electron chi connectivity index (χ2n) is 2.91. The van der Waals surface area contributed by atoms with E-state index in [4.69, 9.17) is 10.9 Å². The number of aromatic nitrogens is 6. The average Bonchev–Trinajstić information content (AvgIpc) is 2.75. The van der Waals surface area contributed by atoms with E-state index >= 15 is 0 Å². The average molecular weight is 252 g/mol. The summed E-state index contributed by atoms with van der Waals surface area (Å²) in [4.78, 5) is 8.07. The molecular weight excluding hydrogens is 244 g/mol. The van der Waals surface area contributed by atoms with Gasteiger partial charge in [-0.25, -0.2) is 14.6 Å². The maximum atomic E-state index is 8.46. The van der Waals surface area contributed by atoms with Gasteiger partial charge in [0.2, 0.25) is 5.16 Å². The van der Waals surface area contributed by atoms with Gasteiger partial charge in [0.15, 0.2) is 5.84 Å². The first-order valence-electron chi connectivity index (χ1n) is 4.41. The highest BCUT2D eigenvalue weighted by Gasteiger charge is 2.07.